The molecule has 1 aromatic heterocycles. The monoisotopic (exact) mass is 263 g/mol. The van der Waals surface area contributed by atoms with Crippen LogP contribution < -0.4 is 14.9 Å². The van der Waals surface area contributed by atoms with E-state index in [1.165, 1.54) is 11.3 Å². The van der Waals surface area contributed by atoms with Crippen molar-refractivity contribution in [1.82, 2.24) is 4.98 Å². The maximum Gasteiger partial charge on any atom is 0.203 e. The van der Waals surface area contributed by atoms with Crippen LogP contribution in [-0.4, -0.2) is 25.4 Å². The number of rotatable bonds is 5. The van der Waals surface area contributed by atoms with E-state index >= 15 is 0 Å². The quantitative estimate of drug-likeness (QED) is 0.665. The highest BCUT2D eigenvalue weighted by Crippen LogP contribution is 2.26. The molecule has 5 nitrogen and oxygen atoms in total. The van der Waals surface area contributed by atoms with Crippen molar-refractivity contribution in [2.24, 2.45) is 5.10 Å². The molecule has 2 rings (SSSR count). The third kappa shape index (κ3) is 2.98. The number of nitrogens with one attached hydrogen (secondary N) is 1. The van der Waals surface area contributed by atoms with Crippen LogP contribution in [0.1, 0.15) is 5.56 Å². The fraction of sp³-hybridized carbons (Fsp3) is 0.167. The molecule has 0 saturated heterocycles. The molecule has 1 N–H and O–H groups in total. The van der Waals surface area contributed by atoms with Crippen LogP contribution in [-0.2, 0) is 0 Å². The average molecular weight is 263 g/mol. The van der Waals surface area contributed by atoms with Gasteiger partial charge in [-0.05, 0) is 23.8 Å². The molecule has 2 aromatic rings. The Kier molecular flexibility index (Phi) is 4.14. The molecule has 0 aliphatic heterocycles. The predicted octanol–water partition coefficient (Wildman–Crippen LogP) is 2.61. The number of nitrogens with zero attached hydrogens (tertiary/aromatic N) is 2. The first-order valence-electron chi connectivity index (χ1n) is 5.24. The number of hydrogen-bond donors (Lipinski definition) is 1. The predicted molar refractivity (Wildman–Crippen MR) is 72.9 cm³/mol. The van der Waals surface area contributed by atoms with Gasteiger partial charge in [0.1, 0.15) is 0 Å². The maximum absolute atomic E-state index is 5.21. The number of hydrogen-bond acceptors (Lipinski definition) is 6. The van der Waals surface area contributed by atoms with Gasteiger partial charge in [-0.15, -0.1) is 11.3 Å². The van der Waals surface area contributed by atoms with Crippen LogP contribution >= 0.6 is 11.3 Å². The smallest absolute Gasteiger partial charge is 0.203 e. The third-order valence-corrected chi connectivity index (χ3v) is 2.89. The summed E-state index contributed by atoms with van der Waals surface area (Å²) in [4.78, 5) is 4.06. The Balaban J connectivity index is 2.07. The van der Waals surface area contributed by atoms with Crippen LogP contribution in [0, 0.1) is 0 Å². The van der Waals surface area contributed by atoms with Gasteiger partial charge in [-0.3, -0.25) is 5.43 Å². The van der Waals surface area contributed by atoms with Crippen LogP contribution in [0.3, 0.4) is 0 Å². The van der Waals surface area contributed by atoms with Gasteiger partial charge in [-0.25, -0.2) is 4.98 Å². The topological polar surface area (TPSA) is 55.7 Å². The molecule has 18 heavy (non-hydrogen) atoms. The highest BCUT2D eigenvalue weighted by atomic mass is 32.1. The largest absolute Gasteiger partial charge is 0.493 e. The first-order chi connectivity index (χ1) is 8.83. The van der Waals surface area contributed by atoms with E-state index in [0.717, 1.165) is 10.7 Å². The molecule has 0 amide bonds. The van der Waals surface area contributed by atoms with Crippen LogP contribution in [0.25, 0.3) is 0 Å². The Bertz CT molecular complexity index is 526. The zero-order valence-electron chi connectivity index (χ0n) is 10.1. The van der Waals surface area contributed by atoms with Crippen molar-refractivity contribution >= 4 is 22.7 Å². The van der Waals surface area contributed by atoms with E-state index in [2.05, 4.69) is 15.5 Å². The normalized spacial score (nSPS) is 10.6. The summed E-state index contributed by atoms with van der Waals surface area (Å²) in [5, 5.41) is 6.73. The van der Waals surface area contributed by atoms with Crippen LogP contribution in [0.5, 0.6) is 11.5 Å². The lowest BCUT2D eigenvalue weighted by atomic mass is 10.2. The molecular formula is C12H13N3O2S. The summed E-state index contributed by atoms with van der Waals surface area (Å²) < 4.78 is 10.4. The van der Waals surface area contributed by atoms with Gasteiger partial charge in [0.15, 0.2) is 11.5 Å². The van der Waals surface area contributed by atoms with Crippen molar-refractivity contribution < 1.29 is 9.47 Å². The molecule has 0 radical (unpaired) electrons. The van der Waals surface area contributed by atoms with Gasteiger partial charge >= 0.3 is 0 Å². The van der Waals surface area contributed by atoms with Crippen molar-refractivity contribution in [2.45, 2.75) is 0 Å². The van der Waals surface area contributed by atoms with Crippen LogP contribution in [0.15, 0.2) is 34.9 Å². The van der Waals surface area contributed by atoms with Gasteiger partial charge in [0, 0.05) is 11.6 Å². The highest BCUT2D eigenvalue weighted by molar-refractivity contribution is 7.13. The van der Waals surface area contributed by atoms with Crippen molar-refractivity contribution in [3.05, 3.63) is 35.3 Å². The third-order valence-electron chi connectivity index (χ3n) is 2.21. The Labute approximate surface area is 109 Å². The fourth-order valence-electron chi connectivity index (χ4n) is 1.37. The number of aromatic nitrogens is 1. The lowest BCUT2D eigenvalue weighted by molar-refractivity contribution is 0.355. The van der Waals surface area contributed by atoms with Gasteiger partial charge in [0.2, 0.25) is 5.13 Å². The molecule has 0 aliphatic rings. The molecular weight excluding hydrogens is 250 g/mol. The Morgan fingerprint density at radius 3 is 2.78 bits per heavy atom. The second-order valence-corrected chi connectivity index (χ2v) is 4.22. The Hall–Kier alpha value is -2.08. The first-order valence-corrected chi connectivity index (χ1v) is 6.12. The van der Waals surface area contributed by atoms with Crippen LogP contribution in [0.4, 0.5) is 5.13 Å². The average Bonchev–Trinajstić information content (AvgIpc) is 2.91. The van der Waals surface area contributed by atoms with Crippen molar-refractivity contribution in [3.63, 3.8) is 0 Å². The lowest BCUT2D eigenvalue weighted by Gasteiger charge is -2.07. The molecule has 0 fully saturated rings. The van der Waals surface area contributed by atoms with Gasteiger partial charge in [-0.1, -0.05) is 0 Å². The van der Waals surface area contributed by atoms with Crippen molar-refractivity contribution in [1.29, 1.82) is 0 Å². The summed E-state index contributed by atoms with van der Waals surface area (Å²) in [7, 11) is 3.21. The zero-order valence-corrected chi connectivity index (χ0v) is 10.9. The van der Waals surface area contributed by atoms with Crippen molar-refractivity contribution in [3.8, 4) is 11.5 Å². The minimum Gasteiger partial charge on any atom is -0.493 e. The zero-order chi connectivity index (χ0) is 12.8. The summed E-state index contributed by atoms with van der Waals surface area (Å²) in [5.74, 6) is 1.37. The second kappa shape index (κ2) is 6.02. The molecule has 1 heterocycles. The molecule has 0 bridgehead atoms. The second-order valence-electron chi connectivity index (χ2n) is 3.32. The maximum atomic E-state index is 5.21. The lowest BCUT2D eigenvalue weighted by Crippen LogP contribution is -1.93. The summed E-state index contributed by atoms with van der Waals surface area (Å²) >= 11 is 1.49. The van der Waals surface area contributed by atoms with Gasteiger partial charge in [-0.2, -0.15) is 5.10 Å². The number of methoxy groups -OCH3 is 2. The van der Waals surface area contributed by atoms with Gasteiger partial charge in [0.05, 0.1) is 20.4 Å². The molecule has 0 unspecified atom stereocenters. The van der Waals surface area contributed by atoms with Gasteiger partial charge in [0.25, 0.3) is 0 Å². The Morgan fingerprint density at radius 1 is 1.28 bits per heavy atom. The summed E-state index contributed by atoms with van der Waals surface area (Å²) in [6, 6.07) is 5.59. The SMILES string of the molecule is COc1ccc(C=NNc2nccs2)cc1OC. The molecule has 6 heteroatoms. The minimum atomic E-state index is 0.677. The number of thiazole rings is 1. The standard InChI is InChI=1S/C12H13N3O2S/c1-16-10-4-3-9(7-11(10)17-2)8-14-15-12-13-5-6-18-12/h3-8H,1-2H3,(H,13,15). The van der Waals surface area contributed by atoms with Crippen molar-refractivity contribution in [2.75, 3.05) is 19.6 Å². The highest BCUT2D eigenvalue weighted by Gasteiger charge is 2.02. The van der Waals surface area contributed by atoms with E-state index in [4.69, 9.17) is 9.47 Å². The first kappa shape index (κ1) is 12.4. The molecule has 0 atom stereocenters. The fourth-order valence-corrected chi connectivity index (χ4v) is 1.85. The van der Waals surface area contributed by atoms with E-state index in [0.29, 0.717) is 11.5 Å². The number of benzene rings is 1. The number of hydrazone groups is 1. The molecule has 0 aliphatic carbocycles. The molecule has 0 saturated carbocycles. The molecule has 0 spiro atoms. The van der Waals surface area contributed by atoms with Gasteiger partial charge < -0.3 is 9.47 Å². The number of anilines is 1. The summed E-state index contributed by atoms with van der Waals surface area (Å²) in [6.45, 7) is 0. The summed E-state index contributed by atoms with van der Waals surface area (Å²) in [6.07, 6.45) is 3.42. The van der Waals surface area contributed by atoms with E-state index in [1.807, 2.05) is 23.6 Å². The Morgan fingerprint density at radius 2 is 2.11 bits per heavy atom. The summed E-state index contributed by atoms with van der Waals surface area (Å²) in [5.41, 5.74) is 3.76. The van der Waals surface area contributed by atoms with E-state index < -0.39 is 0 Å². The molecule has 1 aromatic carbocycles. The minimum absolute atomic E-state index is 0.677. The van der Waals surface area contributed by atoms with E-state index in [1.54, 1.807) is 26.6 Å². The number of ether oxygens (including phenoxy) is 2. The molecule has 94 valence electrons. The van der Waals surface area contributed by atoms with E-state index in [9.17, 15) is 0 Å². The van der Waals surface area contributed by atoms with E-state index in [-0.39, 0.29) is 0 Å². The van der Waals surface area contributed by atoms with Crippen LogP contribution in [0.2, 0.25) is 0 Å².